The lowest BCUT2D eigenvalue weighted by Crippen LogP contribution is -2.14. The maximum atomic E-state index is 12.3. The third-order valence-corrected chi connectivity index (χ3v) is 5.69. The molecule has 0 spiro atoms. The average Bonchev–Trinajstić information content (AvgIpc) is 3.16. The summed E-state index contributed by atoms with van der Waals surface area (Å²) in [6.45, 7) is 2.04. The molecular formula is C19H20N4O3S2. The number of rotatable bonds is 8. The van der Waals surface area contributed by atoms with Crippen LogP contribution in [0.2, 0.25) is 0 Å². The first-order valence-corrected chi connectivity index (χ1v) is 10.2. The van der Waals surface area contributed by atoms with Gasteiger partial charge >= 0.3 is 0 Å². The van der Waals surface area contributed by atoms with E-state index >= 15 is 0 Å². The van der Waals surface area contributed by atoms with Gasteiger partial charge in [-0.3, -0.25) is 4.79 Å². The molecule has 28 heavy (non-hydrogen) atoms. The highest BCUT2D eigenvalue weighted by Crippen LogP contribution is 2.30. The van der Waals surface area contributed by atoms with E-state index in [-0.39, 0.29) is 11.7 Å². The van der Waals surface area contributed by atoms with Crippen molar-refractivity contribution in [3.8, 4) is 11.5 Å². The molecule has 2 N–H and O–H groups in total. The smallest absolute Gasteiger partial charge is 0.234 e. The van der Waals surface area contributed by atoms with Crippen molar-refractivity contribution in [2.75, 3.05) is 30.6 Å². The van der Waals surface area contributed by atoms with Gasteiger partial charge in [0.05, 0.1) is 25.7 Å². The molecule has 0 aliphatic carbocycles. The summed E-state index contributed by atoms with van der Waals surface area (Å²) in [5.74, 6) is 1.26. The largest absolute Gasteiger partial charge is 0.497 e. The van der Waals surface area contributed by atoms with Crippen LogP contribution >= 0.6 is 23.1 Å². The van der Waals surface area contributed by atoms with Crippen LogP contribution in [0, 0.1) is 6.92 Å². The van der Waals surface area contributed by atoms with E-state index < -0.39 is 0 Å². The van der Waals surface area contributed by atoms with Gasteiger partial charge in [-0.15, -0.1) is 10.2 Å². The molecule has 1 heterocycles. The number of amides is 1. The van der Waals surface area contributed by atoms with Crippen LogP contribution in [-0.2, 0) is 4.79 Å². The summed E-state index contributed by atoms with van der Waals surface area (Å²) >= 11 is 2.73. The number of methoxy groups -OCH3 is 2. The number of nitrogens with one attached hydrogen (secondary N) is 2. The molecule has 0 aliphatic rings. The van der Waals surface area contributed by atoms with E-state index in [1.165, 1.54) is 28.7 Å². The molecule has 146 valence electrons. The van der Waals surface area contributed by atoms with Gasteiger partial charge in [0, 0.05) is 11.8 Å². The number of nitrogens with zero attached hydrogens (tertiary/aromatic N) is 2. The van der Waals surface area contributed by atoms with Gasteiger partial charge in [-0.25, -0.2) is 0 Å². The number of hydrogen-bond acceptors (Lipinski definition) is 8. The molecule has 0 saturated carbocycles. The zero-order valence-corrected chi connectivity index (χ0v) is 17.3. The Hall–Kier alpha value is -2.78. The van der Waals surface area contributed by atoms with Crippen LogP contribution in [0.5, 0.6) is 11.5 Å². The van der Waals surface area contributed by atoms with Crippen LogP contribution in [-0.4, -0.2) is 36.1 Å². The fourth-order valence-corrected chi connectivity index (χ4v) is 3.87. The number of aryl methyl sites for hydroxylation is 1. The SMILES string of the molecule is COc1ccc(NC(=O)CSc2nnc(Nc3ccc(C)cc3)s2)c(OC)c1. The first kappa shape index (κ1) is 20.0. The Labute approximate surface area is 171 Å². The number of anilines is 3. The lowest BCUT2D eigenvalue weighted by Gasteiger charge is -2.11. The molecule has 1 amide bonds. The van der Waals surface area contributed by atoms with Crippen molar-refractivity contribution in [2.45, 2.75) is 11.3 Å². The van der Waals surface area contributed by atoms with Crippen molar-refractivity contribution in [1.29, 1.82) is 0 Å². The van der Waals surface area contributed by atoms with E-state index in [0.717, 1.165) is 5.69 Å². The molecule has 0 radical (unpaired) electrons. The Morgan fingerprint density at radius 3 is 2.61 bits per heavy atom. The minimum atomic E-state index is -0.156. The highest BCUT2D eigenvalue weighted by Gasteiger charge is 2.11. The van der Waals surface area contributed by atoms with E-state index in [4.69, 9.17) is 9.47 Å². The molecule has 7 nitrogen and oxygen atoms in total. The van der Waals surface area contributed by atoms with Crippen molar-refractivity contribution in [1.82, 2.24) is 10.2 Å². The van der Waals surface area contributed by atoms with Gasteiger partial charge in [0.2, 0.25) is 11.0 Å². The third kappa shape index (κ3) is 5.37. The molecule has 0 aliphatic heterocycles. The molecule has 3 aromatic rings. The molecule has 0 bridgehead atoms. The van der Waals surface area contributed by atoms with Crippen LogP contribution in [0.3, 0.4) is 0 Å². The predicted octanol–water partition coefficient (Wildman–Crippen LogP) is 4.34. The molecule has 0 atom stereocenters. The monoisotopic (exact) mass is 416 g/mol. The molecule has 1 aromatic heterocycles. The van der Waals surface area contributed by atoms with Gasteiger partial charge in [0.25, 0.3) is 0 Å². The highest BCUT2D eigenvalue weighted by molar-refractivity contribution is 8.01. The fourth-order valence-electron chi connectivity index (χ4n) is 2.29. The second-order valence-electron chi connectivity index (χ2n) is 5.77. The summed E-state index contributed by atoms with van der Waals surface area (Å²) in [6.07, 6.45) is 0. The topological polar surface area (TPSA) is 85.4 Å². The van der Waals surface area contributed by atoms with Gasteiger partial charge in [0.1, 0.15) is 11.5 Å². The second kappa shape index (κ2) is 9.43. The zero-order valence-electron chi connectivity index (χ0n) is 15.7. The number of thioether (sulfide) groups is 1. The zero-order chi connectivity index (χ0) is 19.9. The van der Waals surface area contributed by atoms with Crippen LogP contribution in [0.15, 0.2) is 46.8 Å². The highest BCUT2D eigenvalue weighted by atomic mass is 32.2. The van der Waals surface area contributed by atoms with E-state index in [1.807, 2.05) is 31.2 Å². The summed E-state index contributed by atoms with van der Waals surface area (Å²) in [5.41, 5.74) is 2.73. The Morgan fingerprint density at radius 2 is 1.89 bits per heavy atom. The third-order valence-electron chi connectivity index (χ3n) is 3.72. The summed E-state index contributed by atoms with van der Waals surface area (Å²) in [6, 6.07) is 13.2. The lowest BCUT2D eigenvalue weighted by molar-refractivity contribution is -0.113. The Bertz CT molecular complexity index is 945. The van der Waals surface area contributed by atoms with Crippen molar-refractivity contribution >= 4 is 45.5 Å². The van der Waals surface area contributed by atoms with Gasteiger partial charge < -0.3 is 20.1 Å². The number of carbonyl (C=O) groups excluding carboxylic acids is 1. The fraction of sp³-hybridized carbons (Fsp3) is 0.211. The Balaban J connectivity index is 1.54. The molecule has 3 rings (SSSR count). The summed E-state index contributed by atoms with van der Waals surface area (Å²) < 4.78 is 11.2. The molecular weight excluding hydrogens is 396 g/mol. The second-order valence-corrected chi connectivity index (χ2v) is 7.97. The van der Waals surface area contributed by atoms with E-state index in [1.54, 1.807) is 32.4 Å². The quantitative estimate of drug-likeness (QED) is 0.528. The minimum Gasteiger partial charge on any atom is -0.497 e. The normalized spacial score (nSPS) is 10.4. The Kier molecular flexibility index (Phi) is 6.72. The summed E-state index contributed by atoms with van der Waals surface area (Å²) in [7, 11) is 3.12. The number of ether oxygens (including phenoxy) is 2. The number of hydrogen-bond donors (Lipinski definition) is 2. The van der Waals surface area contributed by atoms with Gasteiger partial charge in [0.15, 0.2) is 4.34 Å². The minimum absolute atomic E-state index is 0.156. The average molecular weight is 417 g/mol. The van der Waals surface area contributed by atoms with E-state index in [9.17, 15) is 4.79 Å². The maximum absolute atomic E-state index is 12.3. The van der Waals surface area contributed by atoms with Crippen LogP contribution in [0.4, 0.5) is 16.5 Å². The molecule has 0 saturated heterocycles. The number of benzene rings is 2. The van der Waals surface area contributed by atoms with E-state index in [0.29, 0.717) is 26.7 Å². The standard InChI is InChI=1S/C19H20N4O3S2/c1-12-4-6-13(7-5-12)20-18-22-23-19(28-18)27-11-17(24)21-15-9-8-14(25-2)10-16(15)26-3/h4-10H,11H2,1-3H3,(H,20,22)(H,21,24). The van der Waals surface area contributed by atoms with Gasteiger partial charge in [-0.1, -0.05) is 40.8 Å². The Morgan fingerprint density at radius 1 is 1.11 bits per heavy atom. The number of carbonyl (C=O) groups is 1. The first-order chi connectivity index (χ1) is 13.6. The van der Waals surface area contributed by atoms with Crippen LogP contribution < -0.4 is 20.1 Å². The summed E-state index contributed by atoms with van der Waals surface area (Å²) in [4.78, 5) is 12.3. The van der Waals surface area contributed by atoms with Crippen molar-refractivity contribution in [2.24, 2.45) is 0 Å². The van der Waals surface area contributed by atoms with Gasteiger partial charge in [-0.05, 0) is 31.2 Å². The maximum Gasteiger partial charge on any atom is 0.234 e. The first-order valence-electron chi connectivity index (χ1n) is 8.39. The van der Waals surface area contributed by atoms with Crippen LogP contribution in [0.1, 0.15) is 5.56 Å². The van der Waals surface area contributed by atoms with Crippen molar-refractivity contribution in [3.63, 3.8) is 0 Å². The lowest BCUT2D eigenvalue weighted by atomic mass is 10.2. The molecule has 9 heteroatoms. The van der Waals surface area contributed by atoms with E-state index in [2.05, 4.69) is 20.8 Å². The van der Waals surface area contributed by atoms with Crippen LogP contribution in [0.25, 0.3) is 0 Å². The van der Waals surface area contributed by atoms with Gasteiger partial charge in [-0.2, -0.15) is 0 Å². The van der Waals surface area contributed by atoms with Crippen molar-refractivity contribution in [3.05, 3.63) is 48.0 Å². The van der Waals surface area contributed by atoms with Crippen molar-refractivity contribution < 1.29 is 14.3 Å². The summed E-state index contributed by atoms with van der Waals surface area (Å²) in [5, 5.41) is 15.0. The molecule has 0 unspecified atom stereocenters. The molecule has 2 aromatic carbocycles. The predicted molar refractivity (Wildman–Crippen MR) is 113 cm³/mol. The molecule has 0 fully saturated rings. The number of aromatic nitrogens is 2.